The molecule has 0 bridgehead atoms. The molecule has 0 amide bonds. The molecule has 1 rings (SSSR count). The zero-order valence-electron chi connectivity index (χ0n) is 8.79. The summed E-state index contributed by atoms with van der Waals surface area (Å²) < 4.78 is 0. The van der Waals surface area contributed by atoms with Crippen molar-refractivity contribution >= 4 is 6.08 Å². The van der Waals surface area contributed by atoms with Gasteiger partial charge in [0.05, 0.1) is 0 Å². The van der Waals surface area contributed by atoms with Gasteiger partial charge in [0.25, 0.3) is 0 Å². The van der Waals surface area contributed by atoms with Crippen LogP contribution in [0, 0.1) is 25.8 Å². The fraction of sp³-hybridized carbons (Fsp3) is 0. The summed E-state index contributed by atoms with van der Waals surface area (Å²) in [4.78, 5) is 0. The van der Waals surface area contributed by atoms with Gasteiger partial charge >= 0.3 is 54.8 Å². The summed E-state index contributed by atoms with van der Waals surface area (Å²) in [6.07, 6.45) is 1.58. The molecule has 1 aromatic rings. The minimum absolute atomic E-state index is 0. The second-order valence-corrected chi connectivity index (χ2v) is 1.58. The molecule has 4 heteroatoms. The molecule has 0 atom stereocenters. The summed E-state index contributed by atoms with van der Waals surface area (Å²) in [7, 11) is 0. The first kappa shape index (κ1) is 29.2. The van der Waals surface area contributed by atoms with E-state index in [2.05, 4.69) is 0 Å². The van der Waals surface area contributed by atoms with Gasteiger partial charge in [-0.1, -0.05) is 18.2 Å². The maximum absolute atomic E-state index is 6.25. The second-order valence-electron chi connectivity index (χ2n) is 1.58. The Labute approximate surface area is 122 Å². The largest absolute Gasteiger partial charge is 1.00 e. The van der Waals surface area contributed by atoms with Crippen molar-refractivity contribution in [2.75, 3.05) is 0 Å². The summed E-state index contributed by atoms with van der Waals surface area (Å²) in [5.74, 6) is 0. The first-order chi connectivity index (χ1) is 4.93. The third kappa shape index (κ3) is 14.7. The van der Waals surface area contributed by atoms with E-state index in [9.17, 15) is 0 Å². The van der Waals surface area contributed by atoms with Crippen molar-refractivity contribution in [1.82, 2.24) is 0 Å². The van der Waals surface area contributed by atoms with Crippen LogP contribution in [0.5, 0.6) is 0 Å². The molecule has 0 aliphatic carbocycles. The molecule has 0 aliphatic heterocycles. The number of hydrogen-bond donors (Lipinski definition) is 0. The Bertz CT molecular complexity index is 212. The van der Waals surface area contributed by atoms with E-state index < -0.39 is 0 Å². The fourth-order valence-electron chi connectivity index (χ4n) is 0.564. The maximum Gasteiger partial charge on any atom is 1.00 e. The van der Waals surface area contributed by atoms with Crippen molar-refractivity contribution in [3.05, 3.63) is 56.5 Å². The summed E-state index contributed by atoms with van der Waals surface area (Å²) in [6.45, 7) is 9.97. The molecule has 0 unspecified atom stereocenters. The van der Waals surface area contributed by atoms with E-state index in [0.717, 1.165) is 5.56 Å². The Morgan fingerprint density at radius 3 is 1.64 bits per heavy atom. The average Bonchev–Trinajstić information content (AvgIpc) is 2.10. The second kappa shape index (κ2) is 23.2. The monoisotopic (exact) mass is 221 g/mol. The van der Waals surface area contributed by atoms with Gasteiger partial charge in [-0.15, -0.1) is 12.1 Å². The van der Waals surface area contributed by atoms with Crippen LogP contribution >= 0.6 is 0 Å². The summed E-state index contributed by atoms with van der Waals surface area (Å²) in [5.41, 5.74) is 1.06. The predicted octanol–water partition coefficient (Wildman–Crippen LogP) is -3.32. The van der Waals surface area contributed by atoms with Crippen LogP contribution < -0.4 is 37.7 Å². The van der Waals surface area contributed by atoms with Crippen molar-refractivity contribution in [2.45, 2.75) is 0 Å². The van der Waals surface area contributed by atoms with Gasteiger partial charge in [0.1, 0.15) is 0 Å². The van der Waals surface area contributed by atoms with Crippen molar-refractivity contribution in [2.24, 2.45) is 0 Å². The van der Waals surface area contributed by atoms with Crippen molar-refractivity contribution < 1.29 is 54.8 Å². The third-order valence-electron chi connectivity index (χ3n) is 0.992. The van der Waals surface area contributed by atoms with Crippen molar-refractivity contribution in [1.29, 1.82) is 5.26 Å². The van der Waals surface area contributed by atoms with E-state index in [4.69, 9.17) is 18.4 Å². The topological polar surface area (TPSA) is 23.8 Å². The number of hydrogen-bond acceptors (Lipinski definition) is 1. The molecule has 0 saturated carbocycles. The molecule has 0 N–H and O–H groups in total. The van der Waals surface area contributed by atoms with Gasteiger partial charge in [-0.2, -0.15) is 5.56 Å². The van der Waals surface area contributed by atoms with E-state index in [-0.39, 0.29) is 62.2 Å². The van der Waals surface area contributed by atoms with Crippen LogP contribution in [-0.4, -0.2) is 0 Å². The van der Waals surface area contributed by atoms with Gasteiger partial charge in [-0.25, -0.2) is 6.08 Å². The molecular formula is C10H10CuLi2N. The Balaban J connectivity index is -0.0000000425. The zero-order valence-corrected chi connectivity index (χ0v) is 9.73. The molecule has 0 aromatic heterocycles. The van der Waals surface area contributed by atoms with Gasteiger partial charge in [-0.3, -0.25) is 6.58 Å². The minimum atomic E-state index is 0. The summed E-state index contributed by atoms with van der Waals surface area (Å²) in [6, 6.07) is 9.80. The third-order valence-corrected chi connectivity index (χ3v) is 0.992. The summed E-state index contributed by atoms with van der Waals surface area (Å²) in [5, 5.41) is 6.25. The quantitative estimate of drug-likeness (QED) is 0.360. The van der Waals surface area contributed by atoms with Crippen LogP contribution in [0.4, 0.5) is 0 Å². The van der Waals surface area contributed by atoms with Crippen molar-refractivity contribution in [3.8, 4) is 0 Å². The SMILES string of the molecule is [C-]#N.[CH-]=Cc1ccccc1.[CH3-].[Cu+].[Li+].[Li+]. The smallest absolute Gasteiger partial charge is 0.512 e. The van der Waals surface area contributed by atoms with Crippen LogP contribution in [-0.2, 0) is 17.1 Å². The molecule has 0 fully saturated rings. The van der Waals surface area contributed by atoms with E-state index in [1.165, 1.54) is 0 Å². The maximum atomic E-state index is 6.25. The van der Waals surface area contributed by atoms with Gasteiger partial charge in [0.2, 0.25) is 0 Å². The number of rotatable bonds is 1. The molecule has 0 radical (unpaired) electrons. The van der Waals surface area contributed by atoms with E-state index in [0.29, 0.717) is 0 Å². The van der Waals surface area contributed by atoms with E-state index in [1.54, 1.807) is 6.08 Å². The zero-order chi connectivity index (χ0) is 7.82. The van der Waals surface area contributed by atoms with Gasteiger partial charge in [-0.05, 0) is 0 Å². The number of nitrogens with zero attached hydrogens (tertiary/aromatic N) is 1. The van der Waals surface area contributed by atoms with Gasteiger partial charge in [0, 0.05) is 0 Å². The fourth-order valence-corrected chi connectivity index (χ4v) is 0.564. The Morgan fingerprint density at radius 2 is 1.43 bits per heavy atom. The van der Waals surface area contributed by atoms with E-state index in [1.807, 2.05) is 30.3 Å². The minimum Gasteiger partial charge on any atom is -0.512 e. The Kier molecular flexibility index (Phi) is 48.4. The molecule has 68 valence electrons. The van der Waals surface area contributed by atoms with Crippen LogP contribution in [0.1, 0.15) is 5.56 Å². The molecule has 14 heavy (non-hydrogen) atoms. The first-order valence-electron chi connectivity index (χ1n) is 2.76. The molecule has 1 aromatic carbocycles. The van der Waals surface area contributed by atoms with Crippen LogP contribution in [0.15, 0.2) is 30.3 Å². The molecule has 0 heterocycles. The average molecular weight is 222 g/mol. The molecule has 0 saturated heterocycles. The van der Waals surface area contributed by atoms with Crippen LogP contribution in [0.3, 0.4) is 0 Å². The summed E-state index contributed by atoms with van der Waals surface area (Å²) >= 11 is 0. The molecular weight excluding hydrogens is 212 g/mol. The van der Waals surface area contributed by atoms with Gasteiger partial charge in [0.15, 0.2) is 0 Å². The molecule has 0 spiro atoms. The standard InChI is InChI=1S/C8H7.CN.CH3.Cu.2Li/c1-2-8-6-4-3-5-7-8;1-2;;;;/h1-7H;;1H3;;;/q3*-1;3*+1. The van der Waals surface area contributed by atoms with Crippen LogP contribution in [0.25, 0.3) is 6.08 Å². The molecule has 1 nitrogen and oxygen atoms in total. The number of benzene rings is 1. The van der Waals surface area contributed by atoms with Crippen LogP contribution in [0.2, 0.25) is 0 Å². The van der Waals surface area contributed by atoms with E-state index >= 15 is 0 Å². The normalized spacial score (nSPS) is 5.00. The van der Waals surface area contributed by atoms with Gasteiger partial charge < -0.3 is 19.3 Å². The molecule has 0 aliphatic rings. The van der Waals surface area contributed by atoms with Crippen molar-refractivity contribution in [3.63, 3.8) is 0 Å². The Hall–Kier alpha value is 0.164. The Morgan fingerprint density at radius 1 is 1.07 bits per heavy atom. The first-order valence-corrected chi connectivity index (χ1v) is 2.76. The predicted molar refractivity (Wildman–Crippen MR) is 46.6 cm³/mol.